The molecule has 0 aromatic heterocycles. The Labute approximate surface area is 792 Å². The smallest absolute Gasteiger partial charge is 1.00 e. The van der Waals surface area contributed by atoms with E-state index in [9.17, 15) is 76.6 Å². The van der Waals surface area contributed by atoms with Gasteiger partial charge in [-0.2, -0.15) is 26.0 Å². The monoisotopic (exact) mass is 2050 g/mol. The second-order valence-corrected chi connectivity index (χ2v) is 28.5. The minimum absolute atomic E-state index is 0. The summed E-state index contributed by atoms with van der Waals surface area (Å²) in [6.07, 6.45) is 1.08. The molecule has 7 aromatic carbocycles. The molecular weight excluding hydrogens is 1970 g/mol. The van der Waals surface area contributed by atoms with E-state index < -0.39 is 97.7 Å². The maximum atomic E-state index is 13.7. The van der Waals surface area contributed by atoms with Gasteiger partial charge in [0.2, 0.25) is 63.9 Å². The summed E-state index contributed by atoms with van der Waals surface area (Å²) in [6.45, 7) is 20.0. The summed E-state index contributed by atoms with van der Waals surface area (Å²) in [4.78, 5) is 57.0. The molecule has 7 rings (SSSR count). The molecule has 0 spiro atoms. The molecule has 0 bridgehead atoms. The Morgan fingerprint density at radius 2 is 0.810 bits per heavy atom. The molecule has 0 aliphatic heterocycles. The number of carboxylic acid groups (broad SMARTS) is 1. The topological polar surface area (TPSA) is 363 Å². The van der Waals surface area contributed by atoms with E-state index in [0.717, 1.165) is 38.4 Å². The van der Waals surface area contributed by atoms with Gasteiger partial charge in [-0.15, -0.1) is 0 Å². The quantitative estimate of drug-likeness (QED) is 0.00277. The standard InChI is InChI=1S/C17H12BrF5O4.C12H15BrO4.C11H13BrO4.C9H9BrO3.C7H18N2.C7H8O3S.C6HF5O.C3H7BrO.CH2O3.2K.H/c1-7-8(3-4-9(18)15(7)26-6-5-25-2)17(24)27-16-13(22)11(20)10(19)12(21)14(16)23;1-8-9(12(14)16-3)4-5-10(13)11(8)17-7-6-15-2;1-7-8(11(13)14)3-4-9(12)10(7)16-6-5-15-2;1-5-6(9(12)13-2)3-4-7(10)8(5)11;1-5-6(9-8)7(2,3)4;1-6-2-4-7(5-3-6)11(8,9)10;7-1-2(8)4(10)6(12)5(11)3(1)9;1-5-3-2-4;2-1-4-3;;;/h3-4H,5-6H2,1-2H3;4-5H,6-7H2,1-3H3;3-4H,5-6H2,1-2H3,(H,13,14);3-4,11H,1-2H3;6,9H,5,8H2,1-4H3;2-5H,1H3,(H,8,9,10);12H;2-3H2,1H3;1,3H;;;/q;;;;;;;;;2*+1;-1/p-1/t;;;;6-;;;;;;;/m....1......./s1. The van der Waals surface area contributed by atoms with Gasteiger partial charge >= 0.3 is 127 Å². The molecule has 0 aliphatic rings. The Balaban J connectivity index is -0.000000418. The molecule has 0 saturated heterocycles. The molecule has 0 fully saturated rings. The van der Waals surface area contributed by atoms with Crippen LogP contribution >= 0.6 is 79.6 Å². The van der Waals surface area contributed by atoms with E-state index in [1.54, 1.807) is 83.7 Å². The number of hydrazine groups is 1. The van der Waals surface area contributed by atoms with Gasteiger partial charge < -0.3 is 74.3 Å². The Kier molecular flexibility index (Phi) is 62.7. The number of hydrogen-bond acceptors (Lipinski definition) is 23. The van der Waals surface area contributed by atoms with Crippen molar-refractivity contribution in [1.82, 2.24) is 5.43 Å². The summed E-state index contributed by atoms with van der Waals surface area (Å²) in [5.41, 5.74) is 7.08. The van der Waals surface area contributed by atoms with Crippen molar-refractivity contribution in [2.24, 2.45) is 11.3 Å². The third kappa shape index (κ3) is 40.0. The number of hydrogen-bond donors (Lipinski definition) is 6. The van der Waals surface area contributed by atoms with Crippen molar-refractivity contribution in [2.45, 2.75) is 79.7 Å². The average Bonchev–Trinajstić information content (AvgIpc) is 0.784. The maximum Gasteiger partial charge on any atom is 1.00 e. The van der Waals surface area contributed by atoms with Crippen molar-refractivity contribution in [2.75, 3.05) is 94.2 Å². The Morgan fingerprint density at radius 1 is 0.500 bits per heavy atom. The SMILES string of the molecule is CC[C@@H](NN)C(C)(C)C.COC(=O)c1ccc(Br)c(O)c1C.COCCBr.COCCOc1c(Br)ccc(C(=O)O)c1C.COCCOc1c(Br)ccc(C(=O)OC)c1C.COCCOc1c(Br)ccc(C(=O)Oc2c(F)c(F)c(F)c(F)c2F)c1C.Cc1ccc(S(=O)(=O)O)cc1.O=CO[O-].Oc1c(F)c(F)c(F)c(F)c1F.[H-].[K+].[K+]. The van der Waals surface area contributed by atoms with Crippen molar-refractivity contribution in [1.29, 1.82) is 0 Å². The molecule has 7 aromatic rings. The van der Waals surface area contributed by atoms with Gasteiger partial charge in [-0.3, -0.25) is 20.6 Å². The number of ether oxygens (including phenoxy) is 10. The van der Waals surface area contributed by atoms with Crippen LogP contribution in [0.1, 0.15) is 105 Å². The zero-order chi connectivity index (χ0) is 88.2. The van der Waals surface area contributed by atoms with Crippen LogP contribution in [0.15, 0.2) is 95.6 Å². The summed E-state index contributed by atoms with van der Waals surface area (Å²) < 4.78 is 209. The first-order chi connectivity index (χ1) is 53.3. The predicted octanol–water partition coefficient (Wildman–Crippen LogP) is 10.2. The zero-order valence-corrected chi connectivity index (χ0v) is 80.6. The number of aromatic hydroxyl groups is 2. The summed E-state index contributed by atoms with van der Waals surface area (Å²) in [5, 5.41) is 36.1. The second-order valence-electron chi connectivity index (χ2n) is 22.9. The summed E-state index contributed by atoms with van der Waals surface area (Å²) >= 11 is 16.3. The number of aromatic carboxylic acids is 1. The third-order valence-electron chi connectivity index (χ3n) is 14.2. The van der Waals surface area contributed by atoms with Crippen LogP contribution in [-0.2, 0) is 48.2 Å². The van der Waals surface area contributed by atoms with Gasteiger partial charge in [0.15, 0.2) is 5.75 Å². The number of methoxy groups -OCH3 is 6. The number of phenolic OH excluding ortho intramolecular Hbond substituents is 2. The molecule has 638 valence electrons. The Hall–Kier alpha value is -4.51. The number of carbonyl (C=O) groups excluding carboxylic acids is 4. The van der Waals surface area contributed by atoms with Gasteiger partial charge in [0, 0.05) is 62.1 Å². The van der Waals surface area contributed by atoms with E-state index in [1.165, 1.54) is 52.5 Å². The third-order valence-corrected chi connectivity index (χ3v) is 17.9. The van der Waals surface area contributed by atoms with Crippen LogP contribution in [-0.4, -0.2) is 159 Å². The molecular formula is C73H85Br5F10K2N2O23S. The van der Waals surface area contributed by atoms with Crippen LogP contribution in [0.2, 0.25) is 0 Å². The Bertz CT molecular complexity index is 4250. The van der Waals surface area contributed by atoms with E-state index >= 15 is 0 Å². The largest absolute Gasteiger partial charge is 1.00 e. The van der Waals surface area contributed by atoms with Crippen molar-refractivity contribution in [3.8, 4) is 34.5 Å². The number of halogens is 15. The van der Waals surface area contributed by atoms with Gasteiger partial charge in [0.05, 0.1) is 85.7 Å². The van der Waals surface area contributed by atoms with E-state index in [-0.39, 0.29) is 168 Å². The van der Waals surface area contributed by atoms with Crippen LogP contribution < -0.4 is 138 Å². The molecule has 0 aliphatic carbocycles. The molecule has 25 nitrogen and oxygen atoms in total. The van der Waals surface area contributed by atoms with Crippen molar-refractivity contribution < 1.29 is 258 Å². The minimum Gasteiger partial charge on any atom is -1.00 e. The fourth-order valence-corrected chi connectivity index (χ4v) is 11.0. The number of carbonyl (C=O) groups is 5. The van der Waals surface area contributed by atoms with Crippen LogP contribution in [0.25, 0.3) is 0 Å². The second kappa shape index (κ2) is 61.7. The number of nitrogens with two attached hydrogens (primary N) is 1. The van der Waals surface area contributed by atoms with Crippen LogP contribution in [0, 0.1) is 98.2 Å². The van der Waals surface area contributed by atoms with Crippen molar-refractivity contribution >= 4 is 120 Å². The fraction of sp³-hybridized carbons (Fsp3) is 0.356. The number of alkyl halides is 1. The first kappa shape index (κ1) is 118. The van der Waals surface area contributed by atoms with E-state index in [2.05, 4.69) is 132 Å². The number of rotatable bonds is 23. The van der Waals surface area contributed by atoms with Crippen LogP contribution in [0.3, 0.4) is 0 Å². The number of phenols is 2. The van der Waals surface area contributed by atoms with Gasteiger partial charge in [-0.25, -0.2) is 45.5 Å². The molecule has 116 heavy (non-hydrogen) atoms. The molecule has 0 amide bonds. The molecule has 7 N–H and O–H groups in total. The van der Waals surface area contributed by atoms with Crippen LogP contribution in [0.5, 0.6) is 34.5 Å². The molecule has 0 saturated carbocycles. The average molecular weight is 2060 g/mol. The van der Waals surface area contributed by atoms with Gasteiger partial charge in [-0.1, -0.05) is 61.3 Å². The molecule has 43 heteroatoms. The Morgan fingerprint density at radius 3 is 1.09 bits per heavy atom. The number of carboxylic acids is 1. The van der Waals surface area contributed by atoms with Crippen molar-refractivity contribution in [3.05, 3.63) is 199 Å². The van der Waals surface area contributed by atoms with E-state index in [4.69, 9.17) is 63.8 Å². The first-order valence-electron chi connectivity index (χ1n) is 32.1. The van der Waals surface area contributed by atoms with Crippen molar-refractivity contribution in [3.63, 3.8) is 0 Å². The maximum absolute atomic E-state index is 13.7. The first-order valence-corrected chi connectivity index (χ1v) is 37.8. The predicted molar refractivity (Wildman–Crippen MR) is 414 cm³/mol. The number of nitrogens with one attached hydrogen (secondary N) is 1. The zero-order valence-electron chi connectivity index (χ0n) is 66.6. The number of aryl methyl sites for hydroxylation is 1. The normalized spacial score (nSPS) is 10.4. The van der Waals surface area contributed by atoms with Crippen LogP contribution in [0.4, 0.5) is 43.9 Å². The minimum atomic E-state index is -4.02. The number of benzene rings is 7. The molecule has 0 unspecified atom stereocenters. The van der Waals surface area contributed by atoms with Gasteiger partial charge in [0.25, 0.3) is 16.6 Å². The van der Waals surface area contributed by atoms with E-state index in [1.807, 2.05) is 13.8 Å². The van der Waals surface area contributed by atoms with Gasteiger partial charge in [0.1, 0.15) is 42.8 Å². The van der Waals surface area contributed by atoms with Gasteiger partial charge in [-0.05, 0) is 171 Å². The number of esters is 3. The molecule has 1 atom stereocenters. The summed E-state index contributed by atoms with van der Waals surface area (Å²) in [7, 11) is 4.98. The summed E-state index contributed by atoms with van der Waals surface area (Å²) in [5.74, 6) is -22.2. The fourth-order valence-electron chi connectivity index (χ4n) is 8.15. The van der Waals surface area contributed by atoms with E-state index in [0.29, 0.717) is 75.2 Å². The molecule has 0 radical (unpaired) electrons. The molecule has 0 heterocycles. The summed E-state index contributed by atoms with van der Waals surface area (Å²) in [6, 6.07) is 19.0.